The minimum absolute atomic E-state index is 0.149. The van der Waals surface area contributed by atoms with Crippen LogP contribution in [0.15, 0.2) is 24.3 Å². The topological polar surface area (TPSA) is 64.6 Å². The van der Waals surface area contributed by atoms with Crippen LogP contribution in [-0.4, -0.2) is 36.4 Å². The molecule has 3 rings (SSSR count). The van der Waals surface area contributed by atoms with E-state index >= 15 is 0 Å². The van der Waals surface area contributed by atoms with Gasteiger partial charge >= 0.3 is 6.03 Å². The Labute approximate surface area is 144 Å². The third-order valence-corrected chi connectivity index (χ3v) is 5.44. The van der Waals surface area contributed by atoms with E-state index < -0.39 is 0 Å². The highest BCUT2D eigenvalue weighted by atomic mass is 16.3. The van der Waals surface area contributed by atoms with Crippen LogP contribution in [0.4, 0.5) is 16.2 Å². The highest BCUT2D eigenvalue weighted by molar-refractivity contribution is 5.93. The second-order valence-corrected chi connectivity index (χ2v) is 7.17. The van der Waals surface area contributed by atoms with Crippen LogP contribution in [0.25, 0.3) is 0 Å². The number of carbonyl (C=O) groups is 1. The third kappa shape index (κ3) is 4.20. The van der Waals surface area contributed by atoms with E-state index in [9.17, 15) is 9.90 Å². The molecule has 0 heterocycles. The molecular weight excluding hydrogens is 302 g/mol. The molecule has 1 aromatic rings. The zero-order valence-corrected chi connectivity index (χ0v) is 14.5. The number of hydrogen-bond donors (Lipinski definition) is 3. The highest BCUT2D eigenvalue weighted by Gasteiger charge is 2.23. The van der Waals surface area contributed by atoms with Gasteiger partial charge in [-0.1, -0.05) is 25.0 Å². The monoisotopic (exact) mass is 331 g/mol. The normalized spacial score (nSPS) is 24.6. The van der Waals surface area contributed by atoms with Gasteiger partial charge in [0.15, 0.2) is 0 Å². The smallest absolute Gasteiger partial charge is 0.319 e. The minimum Gasteiger partial charge on any atom is -0.393 e. The van der Waals surface area contributed by atoms with Gasteiger partial charge in [-0.3, -0.25) is 0 Å². The summed E-state index contributed by atoms with van der Waals surface area (Å²) in [4.78, 5) is 14.7. The summed E-state index contributed by atoms with van der Waals surface area (Å²) in [7, 11) is 2.12. The van der Waals surface area contributed by atoms with Crippen molar-refractivity contribution in [3.05, 3.63) is 24.3 Å². The molecule has 132 valence electrons. The van der Waals surface area contributed by atoms with Crippen LogP contribution in [-0.2, 0) is 0 Å². The Morgan fingerprint density at radius 3 is 2.46 bits per heavy atom. The molecule has 24 heavy (non-hydrogen) atoms. The summed E-state index contributed by atoms with van der Waals surface area (Å²) in [5.41, 5.74) is 1.94. The van der Waals surface area contributed by atoms with Crippen LogP contribution in [0.3, 0.4) is 0 Å². The summed E-state index contributed by atoms with van der Waals surface area (Å²) in [5.74, 6) is 0. The van der Waals surface area contributed by atoms with E-state index in [4.69, 9.17) is 0 Å². The van der Waals surface area contributed by atoms with E-state index in [-0.39, 0.29) is 18.2 Å². The maximum atomic E-state index is 12.4. The third-order valence-electron chi connectivity index (χ3n) is 5.44. The van der Waals surface area contributed by atoms with E-state index in [1.165, 1.54) is 25.7 Å². The van der Waals surface area contributed by atoms with Crippen molar-refractivity contribution in [3.63, 3.8) is 0 Å². The molecule has 2 fully saturated rings. The molecular formula is C19H29N3O2. The first kappa shape index (κ1) is 17.1. The summed E-state index contributed by atoms with van der Waals surface area (Å²) < 4.78 is 0. The lowest BCUT2D eigenvalue weighted by molar-refractivity contribution is 0.118. The molecule has 2 saturated carbocycles. The Hall–Kier alpha value is -1.75. The summed E-state index contributed by atoms with van der Waals surface area (Å²) in [5, 5.41) is 15.6. The van der Waals surface area contributed by atoms with E-state index in [1.807, 2.05) is 18.2 Å². The Morgan fingerprint density at radius 2 is 1.75 bits per heavy atom. The van der Waals surface area contributed by atoms with Crippen molar-refractivity contribution >= 4 is 17.4 Å². The molecule has 0 aromatic heterocycles. The predicted molar refractivity (Wildman–Crippen MR) is 97.5 cm³/mol. The molecule has 0 spiro atoms. The van der Waals surface area contributed by atoms with E-state index in [0.717, 1.165) is 37.1 Å². The van der Waals surface area contributed by atoms with Crippen LogP contribution >= 0.6 is 0 Å². The number of hydrogen-bond acceptors (Lipinski definition) is 3. The Bertz CT molecular complexity index is 549. The molecule has 3 N–H and O–H groups in total. The number of nitrogens with zero attached hydrogens (tertiary/aromatic N) is 1. The van der Waals surface area contributed by atoms with Crippen LogP contribution in [0.1, 0.15) is 51.4 Å². The summed E-state index contributed by atoms with van der Waals surface area (Å²) >= 11 is 0. The fraction of sp³-hybridized carbons (Fsp3) is 0.632. The number of carbonyl (C=O) groups excluding carboxylic acids is 1. The van der Waals surface area contributed by atoms with Gasteiger partial charge in [0.2, 0.25) is 0 Å². The molecule has 5 nitrogen and oxygen atoms in total. The standard InChI is InChI=1S/C19H29N3O2/c1-22(15-6-2-3-7-15)18-9-5-4-8-17(18)21-19(24)20-14-10-12-16(23)13-11-14/h4-5,8-9,14-16,23H,2-3,6-7,10-13H2,1H3,(H2,20,21,24). The minimum atomic E-state index is -0.202. The maximum Gasteiger partial charge on any atom is 0.319 e. The molecule has 5 heteroatoms. The maximum absolute atomic E-state index is 12.4. The van der Waals surface area contributed by atoms with Gasteiger partial charge in [-0.15, -0.1) is 0 Å². The lowest BCUT2D eigenvalue weighted by Gasteiger charge is -2.29. The van der Waals surface area contributed by atoms with E-state index in [0.29, 0.717) is 6.04 Å². The van der Waals surface area contributed by atoms with Gasteiger partial charge in [-0.25, -0.2) is 4.79 Å². The zero-order valence-electron chi connectivity index (χ0n) is 14.5. The second kappa shape index (κ2) is 7.88. The molecule has 0 radical (unpaired) electrons. The molecule has 2 aliphatic rings. The van der Waals surface area contributed by atoms with Crippen LogP contribution in [0.5, 0.6) is 0 Å². The van der Waals surface area contributed by atoms with Gasteiger partial charge in [0.25, 0.3) is 0 Å². The molecule has 0 atom stereocenters. The fourth-order valence-corrected chi connectivity index (χ4v) is 3.94. The largest absolute Gasteiger partial charge is 0.393 e. The highest BCUT2D eigenvalue weighted by Crippen LogP contribution is 2.31. The van der Waals surface area contributed by atoms with Gasteiger partial charge in [0.1, 0.15) is 0 Å². The van der Waals surface area contributed by atoms with Crippen LogP contribution in [0, 0.1) is 0 Å². The van der Waals surface area contributed by atoms with Crippen molar-refractivity contribution in [2.75, 3.05) is 17.3 Å². The number of aliphatic hydroxyl groups excluding tert-OH is 1. The Kier molecular flexibility index (Phi) is 5.61. The number of rotatable bonds is 4. The molecule has 1 aromatic carbocycles. The SMILES string of the molecule is CN(c1ccccc1NC(=O)NC1CCC(O)CC1)C1CCCC1. The van der Waals surface area contributed by atoms with E-state index in [2.05, 4.69) is 28.6 Å². The van der Waals surface area contributed by atoms with Crippen molar-refractivity contribution in [2.24, 2.45) is 0 Å². The van der Waals surface area contributed by atoms with Gasteiger partial charge in [-0.2, -0.15) is 0 Å². The van der Waals surface area contributed by atoms with Crippen molar-refractivity contribution in [1.82, 2.24) is 5.32 Å². The number of nitrogens with one attached hydrogen (secondary N) is 2. The number of aliphatic hydroxyl groups is 1. The second-order valence-electron chi connectivity index (χ2n) is 7.17. The van der Waals surface area contributed by atoms with Crippen molar-refractivity contribution < 1.29 is 9.90 Å². The average Bonchev–Trinajstić information content (AvgIpc) is 3.11. The Morgan fingerprint density at radius 1 is 1.08 bits per heavy atom. The van der Waals surface area contributed by atoms with Gasteiger partial charge in [-0.05, 0) is 50.7 Å². The number of amides is 2. The lowest BCUT2D eigenvalue weighted by Crippen LogP contribution is -2.41. The van der Waals surface area contributed by atoms with Gasteiger partial charge < -0.3 is 20.6 Å². The van der Waals surface area contributed by atoms with Crippen LogP contribution in [0.2, 0.25) is 0 Å². The summed E-state index contributed by atoms with van der Waals surface area (Å²) in [6, 6.07) is 8.59. The fourth-order valence-electron chi connectivity index (χ4n) is 3.94. The van der Waals surface area contributed by atoms with Crippen molar-refractivity contribution in [2.45, 2.75) is 69.6 Å². The first-order valence-electron chi connectivity index (χ1n) is 9.21. The van der Waals surface area contributed by atoms with Gasteiger partial charge in [0.05, 0.1) is 17.5 Å². The molecule has 0 unspecified atom stereocenters. The van der Waals surface area contributed by atoms with Crippen molar-refractivity contribution in [1.29, 1.82) is 0 Å². The summed E-state index contributed by atoms with van der Waals surface area (Å²) in [6.45, 7) is 0. The first-order chi connectivity index (χ1) is 11.6. The summed E-state index contributed by atoms with van der Waals surface area (Å²) in [6.07, 6.45) is 8.06. The number of anilines is 2. The molecule has 2 amide bonds. The Balaban J connectivity index is 1.61. The predicted octanol–water partition coefficient (Wildman–Crippen LogP) is 3.49. The average molecular weight is 331 g/mol. The first-order valence-corrected chi connectivity index (χ1v) is 9.21. The zero-order chi connectivity index (χ0) is 16.9. The molecule has 0 aliphatic heterocycles. The lowest BCUT2D eigenvalue weighted by atomic mass is 9.93. The van der Waals surface area contributed by atoms with Gasteiger partial charge in [0, 0.05) is 19.1 Å². The number of urea groups is 1. The van der Waals surface area contributed by atoms with E-state index in [1.54, 1.807) is 0 Å². The molecule has 2 aliphatic carbocycles. The molecule has 0 saturated heterocycles. The molecule has 0 bridgehead atoms. The quantitative estimate of drug-likeness (QED) is 0.791. The van der Waals surface area contributed by atoms with Crippen LogP contribution < -0.4 is 15.5 Å². The number of para-hydroxylation sites is 2. The van der Waals surface area contributed by atoms with Crippen molar-refractivity contribution in [3.8, 4) is 0 Å². The number of benzene rings is 1.